The van der Waals surface area contributed by atoms with Crippen LogP contribution in [-0.2, 0) is 0 Å². The lowest BCUT2D eigenvalue weighted by atomic mass is 10.7. The number of hydrazone groups is 1. The highest BCUT2D eigenvalue weighted by Crippen LogP contribution is 1.67. The predicted molar refractivity (Wildman–Crippen MR) is 48.5 cm³/mol. The lowest BCUT2D eigenvalue weighted by Gasteiger charge is -1.83. The van der Waals surface area contributed by atoms with E-state index in [1.54, 1.807) is 0 Å². The molecule has 0 aliphatic carbocycles. The number of hydrogen-bond acceptors (Lipinski definition) is 5. The molecule has 0 spiro atoms. The van der Waals surface area contributed by atoms with Gasteiger partial charge in [0.25, 0.3) is 0 Å². The van der Waals surface area contributed by atoms with Gasteiger partial charge in [-0.1, -0.05) is 6.08 Å². The number of rotatable bonds is 1. The molecule has 7 heteroatoms. The minimum atomic E-state index is 0. The Bertz CT molecular complexity index is 127. The molecule has 0 aromatic heterocycles. The SMILES string of the molecule is C1=CNNC1.N=NC=NN.S. The molecule has 0 atom stereocenters. The van der Waals surface area contributed by atoms with Crippen molar-refractivity contribution in [1.82, 2.24) is 10.9 Å². The van der Waals surface area contributed by atoms with Gasteiger partial charge < -0.3 is 11.3 Å². The van der Waals surface area contributed by atoms with Crippen LogP contribution >= 0.6 is 13.5 Å². The van der Waals surface area contributed by atoms with Crippen LogP contribution in [0.3, 0.4) is 0 Å². The summed E-state index contributed by atoms with van der Waals surface area (Å²) in [5, 5.41) is 5.56. The molecular weight excluding hydrogens is 164 g/mol. The highest BCUT2D eigenvalue weighted by atomic mass is 32.1. The molecule has 64 valence electrons. The quantitative estimate of drug-likeness (QED) is 0.144. The predicted octanol–water partition coefficient (Wildman–Crippen LogP) is -0.360. The van der Waals surface area contributed by atoms with E-state index < -0.39 is 0 Å². The van der Waals surface area contributed by atoms with E-state index in [9.17, 15) is 0 Å². The molecule has 0 bridgehead atoms. The van der Waals surface area contributed by atoms with E-state index in [2.05, 4.69) is 26.9 Å². The third-order valence-corrected chi connectivity index (χ3v) is 0.648. The van der Waals surface area contributed by atoms with Crippen molar-refractivity contribution in [3.8, 4) is 0 Å². The van der Waals surface area contributed by atoms with Crippen LogP contribution in [0.4, 0.5) is 0 Å². The maximum absolute atomic E-state index is 6.00. The van der Waals surface area contributed by atoms with Crippen LogP contribution in [0.2, 0.25) is 0 Å². The third-order valence-electron chi connectivity index (χ3n) is 0.648. The van der Waals surface area contributed by atoms with Gasteiger partial charge in [-0.2, -0.15) is 18.6 Å². The second-order valence-corrected chi connectivity index (χ2v) is 1.32. The van der Waals surface area contributed by atoms with Gasteiger partial charge in [0.15, 0.2) is 6.34 Å². The fourth-order valence-corrected chi connectivity index (χ4v) is 0.328. The van der Waals surface area contributed by atoms with Crippen molar-refractivity contribution in [2.24, 2.45) is 16.1 Å². The summed E-state index contributed by atoms with van der Waals surface area (Å²) >= 11 is 0. The average molecular weight is 176 g/mol. The normalized spacial score (nSPS) is 12.7. The van der Waals surface area contributed by atoms with Crippen molar-refractivity contribution >= 4 is 19.8 Å². The van der Waals surface area contributed by atoms with Crippen LogP contribution in [0.25, 0.3) is 0 Å². The Hall–Kier alpha value is -1.08. The van der Waals surface area contributed by atoms with Crippen LogP contribution in [0.15, 0.2) is 22.5 Å². The van der Waals surface area contributed by atoms with Gasteiger partial charge in [-0.05, 0) is 0 Å². The van der Waals surface area contributed by atoms with Crippen molar-refractivity contribution in [2.45, 2.75) is 0 Å². The zero-order valence-corrected chi connectivity index (χ0v) is 6.91. The van der Waals surface area contributed by atoms with Crippen molar-refractivity contribution in [3.05, 3.63) is 12.3 Å². The largest absolute Gasteiger partial charge is 0.329 e. The molecule has 0 amide bonds. The molecule has 1 heterocycles. The summed E-state index contributed by atoms with van der Waals surface area (Å²) in [5.41, 5.74) is 11.7. The Labute approximate surface area is 71.8 Å². The molecule has 6 nitrogen and oxygen atoms in total. The zero-order chi connectivity index (χ0) is 7.66. The van der Waals surface area contributed by atoms with Crippen LogP contribution in [0.5, 0.6) is 0 Å². The molecule has 0 aromatic carbocycles. The first kappa shape index (κ1) is 12.6. The van der Waals surface area contributed by atoms with E-state index >= 15 is 0 Å². The summed E-state index contributed by atoms with van der Waals surface area (Å²) in [7, 11) is 0. The van der Waals surface area contributed by atoms with Gasteiger partial charge in [-0.25, -0.2) is 11.0 Å². The van der Waals surface area contributed by atoms with Crippen LogP contribution < -0.4 is 16.7 Å². The lowest BCUT2D eigenvalue weighted by molar-refractivity contribution is 0.727. The summed E-state index contributed by atoms with van der Waals surface area (Å²) < 4.78 is 0. The van der Waals surface area contributed by atoms with Crippen LogP contribution in [0.1, 0.15) is 0 Å². The third kappa shape index (κ3) is 12.2. The Morgan fingerprint density at radius 2 is 2.36 bits per heavy atom. The molecule has 1 aliphatic heterocycles. The van der Waals surface area contributed by atoms with E-state index in [0.29, 0.717) is 0 Å². The second-order valence-electron chi connectivity index (χ2n) is 1.32. The molecule has 1 rings (SSSR count). The van der Waals surface area contributed by atoms with Gasteiger partial charge in [-0.15, -0.1) is 5.11 Å². The Kier molecular flexibility index (Phi) is 13.4. The number of nitrogens with two attached hydrogens (primary N) is 1. The molecule has 0 unspecified atom stereocenters. The minimum absolute atomic E-state index is 0. The smallest absolute Gasteiger partial charge is 0.156 e. The molecule has 0 saturated heterocycles. The lowest BCUT2D eigenvalue weighted by Crippen LogP contribution is -2.19. The minimum Gasteiger partial charge on any atom is -0.329 e. The van der Waals surface area contributed by atoms with E-state index in [4.69, 9.17) is 5.53 Å². The van der Waals surface area contributed by atoms with Gasteiger partial charge in [0.05, 0.1) is 0 Å². The van der Waals surface area contributed by atoms with Gasteiger partial charge in [0, 0.05) is 12.7 Å². The second kappa shape index (κ2) is 11.7. The van der Waals surface area contributed by atoms with Crippen LogP contribution in [0, 0.1) is 5.53 Å². The maximum atomic E-state index is 6.00. The summed E-state index contributed by atoms with van der Waals surface area (Å²) in [6, 6.07) is 0. The molecule has 1 aliphatic rings. The molecular formula is C4H12N6S. The topological polar surface area (TPSA) is 98.6 Å². The summed E-state index contributed by atoms with van der Waals surface area (Å²) in [5.74, 6) is 4.49. The molecule has 0 fully saturated rings. The number of nitrogens with one attached hydrogen (secondary N) is 3. The maximum Gasteiger partial charge on any atom is 0.156 e. The Morgan fingerprint density at radius 3 is 2.45 bits per heavy atom. The highest BCUT2D eigenvalue weighted by Gasteiger charge is 1.78. The first-order chi connectivity index (χ1) is 4.91. The van der Waals surface area contributed by atoms with Gasteiger partial charge >= 0.3 is 0 Å². The molecule has 0 aromatic rings. The van der Waals surface area contributed by atoms with Crippen LogP contribution in [-0.4, -0.2) is 12.9 Å². The Morgan fingerprint density at radius 1 is 1.64 bits per heavy atom. The number of hydrogen-bond donors (Lipinski definition) is 4. The van der Waals surface area contributed by atoms with Gasteiger partial charge in [0.1, 0.15) is 0 Å². The fraction of sp³-hybridized carbons (Fsp3) is 0.250. The average Bonchev–Trinajstić information content (AvgIpc) is 2.44. The Balaban J connectivity index is 0. The molecule has 11 heavy (non-hydrogen) atoms. The molecule has 0 saturated carbocycles. The zero-order valence-electron chi connectivity index (χ0n) is 5.91. The van der Waals surface area contributed by atoms with E-state index in [1.165, 1.54) is 0 Å². The van der Waals surface area contributed by atoms with E-state index in [-0.39, 0.29) is 13.5 Å². The number of hydrazine groups is 1. The van der Waals surface area contributed by atoms with E-state index in [0.717, 1.165) is 12.9 Å². The first-order valence-corrected chi connectivity index (χ1v) is 2.63. The van der Waals surface area contributed by atoms with E-state index in [1.807, 2.05) is 12.3 Å². The molecule has 0 radical (unpaired) electrons. The standard InChI is InChI=1S/C3H6N2.CH4N4.H2S/c1-2-4-5-3-1;2-4-1-5-3;/h1-2,4-5H,3H2;1-2H,3H2;1H2. The summed E-state index contributed by atoms with van der Waals surface area (Å²) in [6.45, 7) is 0.958. The number of nitrogens with zero attached hydrogens (tertiary/aromatic N) is 2. The summed E-state index contributed by atoms with van der Waals surface area (Å²) in [4.78, 5) is 0. The van der Waals surface area contributed by atoms with Crippen molar-refractivity contribution in [1.29, 1.82) is 5.53 Å². The monoisotopic (exact) mass is 176 g/mol. The van der Waals surface area contributed by atoms with Gasteiger partial charge in [0.2, 0.25) is 0 Å². The fourth-order valence-electron chi connectivity index (χ4n) is 0.328. The van der Waals surface area contributed by atoms with Crippen molar-refractivity contribution in [3.63, 3.8) is 0 Å². The molecule has 5 N–H and O–H groups in total. The summed E-state index contributed by atoms with van der Waals surface area (Å²) in [6.07, 6.45) is 4.83. The van der Waals surface area contributed by atoms with Crippen molar-refractivity contribution < 1.29 is 0 Å². The first-order valence-electron chi connectivity index (χ1n) is 2.63. The van der Waals surface area contributed by atoms with Crippen molar-refractivity contribution in [2.75, 3.05) is 6.54 Å². The van der Waals surface area contributed by atoms with Gasteiger partial charge in [-0.3, -0.25) is 0 Å². The highest BCUT2D eigenvalue weighted by molar-refractivity contribution is 7.59.